The second kappa shape index (κ2) is 2.30. The number of hydrogen-bond donors (Lipinski definition) is 1. The molecule has 0 unspecified atom stereocenters. The van der Waals surface area contributed by atoms with Crippen molar-refractivity contribution in [1.82, 2.24) is 4.98 Å². The van der Waals surface area contributed by atoms with Crippen molar-refractivity contribution in [2.24, 2.45) is 10.7 Å². The van der Waals surface area contributed by atoms with Crippen LogP contribution in [0.2, 0.25) is 0 Å². The van der Waals surface area contributed by atoms with E-state index in [9.17, 15) is 0 Å². The summed E-state index contributed by atoms with van der Waals surface area (Å²) in [5.41, 5.74) is 9.03. The van der Waals surface area contributed by atoms with Crippen LogP contribution in [0.4, 0.5) is 5.82 Å². The molecule has 1 aliphatic rings. The average Bonchev–Trinajstić information content (AvgIpc) is 2.29. The highest BCUT2D eigenvalue weighted by Crippen LogP contribution is 2.26. The number of hydrogen-bond acceptors (Lipinski definition) is 3. The van der Waals surface area contributed by atoms with Crippen LogP contribution in [0.1, 0.15) is 16.8 Å². The minimum absolute atomic E-state index is 0.672. The van der Waals surface area contributed by atoms with Gasteiger partial charge in [-0.25, -0.2) is 9.98 Å². The van der Waals surface area contributed by atoms with Crippen LogP contribution in [0, 0.1) is 13.8 Å². The highest BCUT2D eigenvalue weighted by atomic mass is 15.0. The predicted octanol–water partition coefficient (Wildman–Crippen LogP) is 1.24. The van der Waals surface area contributed by atoms with E-state index in [0.29, 0.717) is 5.84 Å². The van der Waals surface area contributed by atoms with Crippen molar-refractivity contribution in [3.63, 3.8) is 0 Å². The molecule has 2 rings (SSSR count). The molecule has 0 fully saturated rings. The van der Waals surface area contributed by atoms with E-state index in [2.05, 4.69) is 23.0 Å². The number of aryl methyl sites for hydroxylation is 2. The Balaban J connectivity index is 2.61. The van der Waals surface area contributed by atoms with Gasteiger partial charge < -0.3 is 5.73 Å². The molecule has 3 heteroatoms. The van der Waals surface area contributed by atoms with E-state index in [1.807, 2.05) is 6.92 Å². The lowest BCUT2D eigenvalue weighted by Gasteiger charge is -2.01. The van der Waals surface area contributed by atoms with Crippen LogP contribution in [0.25, 0.3) is 0 Å². The smallest absolute Gasteiger partial charge is 0.158 e. The lowest BCUT2D eigenvalue weighted by molar-refractivity contribution is 1.13. The topological polar surface area (TPSA) is 51.3 Å². The molecule has 1 aromatic rings. The molecule has 0 aliphatic carbocycles. The molecule has 62 valence electrons. The molecule has 0 aromatic carbocycles. The van der Waals surface area contributed by atoms with Gasteiger partial charge in [-0.2, -0.15) is 0 Å². The molecule has 0 spiro atoms. The largest absolute Gasteiger partial charge is 0.387 e. The quantitative estimate of drug-likeness (QED) is 0.622. The van der Waals surface area contributed by atoms with E-state index < -0.39 is 0 Å². The molecule has 12 heavy (non-hydrogen) atoms. The number of fused-ring (bicyclic) bond motifs is 1. The van der Waals surface area contributed by atoms with E-state index in [1.54, 1.807) is 0 Å². The number of amidine groups is 1. The monoisotopic (exact) mass is 161 g/mol. The van der Waals surface area contributed by atoms with Gasteiger partial charge in [0, 0.05) is 17.7 Å². The highest BCUT2D eigenvalue weighted by Gasteiger charge is 2.15. The summed E-state index contributed by atoms with van der Waals surface area (Å²) >= 11 is 0. The van der Waals surface area contributed by atoms with Gasteiger partial charge in [-0.3, -0.25) is 0 Å². The second-order valence-corrected chi connectivity index (χ2v) is 3.16. The van der Waals surface area contributed by atoms with Crippen LogP contribution < -0.4 is 5.73 Å². The third-order valence-corrected chi connectivity index (χ3v) is 2.06. The maximum atomic E-state index is 5.61. The fourth-order valence-corrected chi connectivity index (χ4v) is 1.51. The number of nitrogens with two attached hydrogens (primary N) is 1. The van der Waals surface area contributed by atoms with E-state index in [-0.39, 0.29) is 0 Å². The predicted molar refractivity (Wildman–Crippen MR) is 48.7 cm³/mol. The van der Waals surface area contributed by atoms with Crippen molar-refractivity contribution in [3.05, 3.63) is 22.9 Å². The van der Waals surface area contributed by atoms with Crippen molar-refractivity contribution in [1.29, 1.82) is 0 Å². The fourth-order valence-electron chi connectivity index (χ4n) is 1.51. The third kappa shape index (κ3) is 0.978. The normalized spacial score (nSPS) is 14.3. The molecule has 1 aliphatic heterocycles. The fraction of sp³-hybridized carbons (Fsp3) is 0.333. The summed E-state index contributed by atoms with van der Waals surface area (Å²) in [7, 11) is 0. The molecule has 1 aromatic heterocycles. The van der Waals surface area contributed by atoms with Crippen molar-refractivity contribution in [3.8, 4) is 0 Å². The van der Waals surface area contributed by atoms with E-state index >= 15 is 0 Å². The zero-order valence-corrected chi connectivity index (χ0v) is 7.26. The van der Waals surface area contributed by atoms with Crippen molar-refractivity contribution in [2.45, 2.75) is 20.3 Å². The van der Waals surface area contributed by atoms with Gasteiger partial charge in [0.25, 0.3) is 0 Å². The second-order valence-electron chi connectivity index (χ2n) is 3.16. The first-order valence-corrected chi connectivity index (χ1v) is 3.97. The maximum absolute atomic E-state index is 5.61. The van der Waals surface area contributed by atoms with Gasteiger partial charge in [0.2, 0.25) is 0 Å². The Labute approximate surface area is 71.3 Å². The van der Waals surface area contributed by atoms with Gasteiger partial charge in [-0.1, -0.05) is 0 Å². The summed E-state index contributed by atoms with van der Waals surface area (Å²) in [6.07, 6.45) is 0.758. The molecule has 0 bridgehead atoms. The molecule has 2 heterocycles. The molecular weight excluding hydrogens is 150 g/mol. The minimum Gasteiger partial charge on any atom is -0.387 e. The standard InChI is InChI=1S/C9H11N3/c1-5-3-6(2)11-9-7(5)4-8(10)12-9/h3H,4H2,1-2H3,(H2,10,11,12). The zero-order chi connectivity index (χ0) is 8.72. The molecular formula is C9H11N3. The maximum Gasteiger partial charge on any atom is 0.158 e. The van der Waals surface area contributed by atoms with Crippen molar-refractivity contribution < 1.29 is 0 Å². The molecule has 0 saturated heterocycles. The highest BCUT2D eigenvalue weighted by molar-refractivity contribution is 5.90. The summed E-state index contributed by atoms with van der Waals surface area (Å²) in [4.78, 5) is 8.45. The van der Waals surface area contributed by atoms with Crippen LogP contribution in [-0.4, -0.2) is 10.8 Å². The van der Waals surface area contributed by atoms with Crippen molar-refractivity contribution in [2.75, 3.05) is 0 Å². The lowest BCUT2D eigenvalue weighted by atomic mass is 10.1. The van der Waals surface area contributed by atoms with Gasteiger partial charge in [0.1, 0.15) is 5.84 Å². The zero-order valence-electron chi connectivity index (χ0n) is 7.26. The number of aliphatic imine (C=N–C) groups is 1. The van der Waals surface area contributed by atoms with Crippen LogP contribution >= 0.6 is 0 Å². The van der Waals surface area contributed by atoms with Crippen LogP contribution in [0.15, 0.2) is 11.1 Å². The Kier molecular flexibility index (Phi) is 1.40. The number of rotatable bonds is 0. The number of nitrogens with zero attached hydrogens (tertiary/aromatic N) is 2. The minimum atomic E-state index is 0.672. The third-order valence-electron chi connectivity index (χ3n) is 2.06. The Bertz CT molecular complexity index is 366. The summed E-state index contributed by atoms with van der Waals surface area (Å²) < 4.78 is 0. The summed E-state index contributed by atoms with van der Waals surface area (Å²) in [6, 6.07) is 2.06. The Hall–Kier alpha value is -1.38. The number of aromatic nitrogens is 1. The number of pyridine rings is 1. The Morgan fingerprint density at radius 3 is 2.92 bits per heavy atom. The Morgan fingerprint density at radius 1 is 1.42 bits per heavy atom. The van der Waals surface area contributed by atoms with Gasteiger partial charge in [0.15, 0.2) is 5.82 Å². The molecule has 3 nitrogen and oxygen atoms in total. The van der Waals surface area contributed by atoms with E-state index in [1.165, 1.54) is 11.1 Å². The van der Waals surface area contributed by atoms with Crippen LogP contribution in [0.3, 0.4) is 0 Å². The van der Waals surface area contributed by atoms with E-state index in [0.717, 1.165) is 17.9 Å². The first-order chi connectivity index (χ1) is 5.66. The van der Waals surface area contributed by atoms with Gasteiger partial charge >= 0.3 is 0 Å². The average molecular weight is 161 g/mol. The first kappa shape index (κ1) is 7.28. The van der Waals surface area contributed by atoms with Gasteiger partial charge in [0.05, 0.1) is 0 Å². The Morgan fingerprint density at radius 2 is 2.17 bits per heavy atom. The molecule has 0 atom stereocenters. The van der Waals surface area contributed by atoms with Gasteiger partial charge in [-0.15, -0.1) is 0 Å². The van der Waals surface area contributed by atoms with Gasteiger partial charge in [-0.05, 0) is 25.5 Å². The summed E-state index contributed by atoms with van der Waals surface area (Å²) in [5, 5.41) is 0. The summed E-state index contributed by atoms with van der Waals surface area (Å²) in [6.45, 7) is 4.04. The van der Waals surface area contributed by atoms with Crippen molar-refractivity contribution >= 4 is 11.7 Å². The summed E-state index contributed by atoms with van der Waals surface area (Å²) in [5.74, 6) is 1.48. The molecule has 0 amide bonds. The van der Waals surface area contributed by atoms with E-state index in [4.69, 9.17) is 5.73 Å². The lowest BCUT2D eigenvalue weighted by Crippen LogP contribution is -2.10. The molecule has 0 saturated carbocycles. The molecule has 2 N–H and O–H groups in total. The first-order valence-electron chi connectivity index (χ1n) is 3.97. The molecule has 0 radical (unpaired) electrons. The van der Waals surface area contributed by atoms with Crippen LogP contribution in [-0.2, 0) is 6.42 Å². The SMILES string of the molecule is Cc1cc(C)c2c(n1)N=C(N)C2. The van der Waals surface area contributed by atoms with Crippen LogP contribution in [0.5, 0.6) is 0 Å².